The number of carbonyl (C=O) groups is 1. The molecule has 34 heavy (non-hydrogen) atoms. The molecule has 6 nitrogen and oxygen atoms in total. The van der Waals surface area contributed by atoms with E-state index in [4.69, 9.17) is 4.74 Å². The molecule has 0 bridgehead atoms. The average molecular weight is 453 g/mol. The predicted octanol–water partition coefficient (Wildman–Crippen LogP) is 5.44. The molecule has 4 aromatic rings. The summed E-state index contributed by atoms with van der Waals surface area (Å²) in [4.78, 5) is 14.7. The van der Waals surface area contributed by atoms with E-state index in [1.807, 2.05) is 54.6 Å². The molecule has 0 N–H and O–H groups in total. The van der Waals surface area contributed by atoms with Gasteiger partial charge < -0.3 is 9.30 Å². The van der Waals surface area contributed by atoms with Crippen molar-refractivity contribution in [3.8, 4) is 11.4 Å². The van der Waals surface area contributed by atoms with E-state index in [-0.39, 0.29) is 18.7 Å². The van der Waals surface area contributed by atoms with Crippen molar-refractivity contribution >= 4 is 6.09 Å². The molecule has 0 saturated carbocycles. The Hall–Kier alpha value is -3.93. The predicted molar refractivity (Wildman–Crippen MR) is 131 cm³/mol. The first-order chi connectivity index (χ1) is 16.7. The summed E-state index contributed by atoms with van der Waals surface area (Å²) < 4.78 is 7.86. The molecule has 1 aliphatic rings. The van der Waals surface area contributed by atoms with Gasteiger partial charge in [-0.1, -0.05) is 91.9 Å². The number of fused-ring (bicyclic) bond motifs is 1. The molecule has 0 saturated heterocycles. The van der Waals surface area contributed by atoms with Gasteiger partial charge in [-0.2, -0.15) is 0 Å². The van der Waals surface area contributed by atoms with Crippen molar-refractivity contribution in [2.45, 2.75) is 39.0 Å². The molecule has 0 aliphatic carbocycles. The van der Waals surface area contributed by atoms with Crippen LogP contribution in [0.4, 0.5) is 4.79 Å². The molecule has 0 spiro atoms. The van der Waals surface area contributed by atoms with Crippen LogP contribution in [-0.2, 0) is 30.7 Å². The fraction of sp³-hybridized carbons (Fsp3) is 0.250. The molecule has 2 heterocycles. The lowest BCUT2D eigenvalue weighted by Crippen LogP contribution is -2.42. The normalized spacial score (nSPS) is 15.1. The second-order valence-electron chi connectivity index (χ2n) is 8.58. The van der Waals surface area contributed by atoms with E-state index < -0.39 is 0 Å². The third-order valence-electron chi connectivity index (χ3n) is 6.31. The molecule has 3 aromatic carbocycles. The SMILES string of the molecule is CCc1ccccc1-c1nnc2n1C(Cc1ccccc1)CN(C(=O)OCc1ccccc1)C2. The number of rotatable bonds is 6. The van der Waals surface area contributed by atoms with E-state index in [1.165, 1.54) is 11.1 Å². The summed E-state index contributed by atoms with van der Waals surface area (Å²) in [5, 5.41) is 9.10. The zero-order valence-electron chi connectivity index (χ0n) is 19.3. The number of aromatic nitrogens is 3. The van der Waals surface area contributed by atoms with Crippen LogP contribution in [0.2, 0.25) is 0 Å². The van der Waals surface area contributed by atoms with Crippen LogP contribution >= 0.6 is 0 Å². The summed E-state index contributed by atoms with van der Waals surface area (Å²) in [6.07, 6.45) is 1.36. The second-order valence-corrected chi connectivity index (χ2v) is 8.58. The van der Waals surface area contributed by atoms with Crippen molar-refractivity contribution in [1.82, 2.24) is 19.7 Å². The van der Waals surface area contributed by atoms with Gasteiger partial charge in [0.25, 0.3) is 0 Å². The van der Waals surface area contributed by atoms with Crippen LogP contribution in [-0.4, -0.2) is 32.3 Å². The minimum absolute atomic E-state index is 0.00494. The summed E-state index contributed by atoms with van der Waals surface area (Å²) >= 11 is 0. The van der Waals surface area contributed by atoms with Crippen LogP contribution in [0.3, 0.4) is 0 Å². The van der Waals surface area contributed by atoms with Crippen LogP contribution in [0.15, 0.2) is 84.9 Å². The molecule has 1 aliphatic heterocycles. The lowest BCUT2D eigenvalue weighted by molar-refractivity contribution is 0.0794. The molecule has 172 valence electrons. The third kappa shape index (κ3) is 4.57. The maximum atomic E-state index is 13.0. The largest absolute Gasteiger partial charge is 0.445 e. The molecule has 0 radical (unpaired) electrons. The topological polar surface area (TPSA) is 60.2 Å². The number of amides is 1. The number of hydrogen-bond donors (Lipinski definition) is 0. The first-order valence-electron chi connectivity index (χ1n) is 11.7. The van der Waals surface area contributed by atoms with Gasteiger partial charge in [0.05, 0.1) is 12.6 Å². The Bertz CT molecular complexity index is 1250. The Morgan fingerprint density at radius 1 is 0.912 bits per heavy atom. The molecular formula is C28H28N4O2. The van der Waals surface area contributed by atoms with Crippen molar-refractivity contribution < 1.29 is 9.53 Å². The van der Waals surface area contributed by atoms with E-state index in [9.17, 15) is 4.79 Å². The number of aryl methyl sites for hydroxylation is 1. The number of hydrogen-bond acceptors (Lipinski definition) is 4. The third-order valence-corrected chi connectivity index (χ3v) is 6.31. The molecule has 0 fully saturated rings. The number of ether oxygens (including phenoxy) is 1. The highest BCUT2D eigenvalue weighted by Crippen LogP contribution is 2.32. The maximum absolute atomic E-state index is 13.0. The highest BCUT2D eigenvalue weighted by atomic mass is 16.6. The standard InChI is InChI=1S/C28H28N4O2/c1-2-23-15-9-10-16-25(23)27-30-29-26-19-31(28(33)34-20-22-13-7-4-8-14-22)18-24(32(26)27)17-21-11-5-3-6-12-21/h3-16,24H,2,17-20H2,1H3. The minimum Gasteiger partial charge on any atom is -0.445 e. The Morgan fingerprint density at radius 3 is 2.32 bits per heavy atom. The molecule has 1 unspecified atom stereocenters. The van der Waals surface area contributed by atoms with E-state index >= 15 is 0 Å². The number of carbonyl (C=O) groups excluding carboxylic acids is 1. The summed E-state index contributed by atoms with van der Waals surface area (Å²) in [5.41, 5.74) is 4.51. The molecule has 6 heteroatoms. The fourth-order valence-electron chi connectivity index (χ4n) is 4.61. The van der Waals surface area contributed by atoms with Gasteiger partial charge in [0, 0.05) is 12.1 Å². The van der Waals surface area contributed by atoms with Gasteiger partial charge in [-0.3, -0.25) is 4.90 Å². The molecule has 1 amide bonds. The van der Waals surface area contributed by atoms with Crippen LogP contribution < -0.4 is 0 Å². The first kappa shape index (κ1) is 21.9. The maximum Gasteiger partial charge on any atom is 0.410 e. The summed E-state index contributed by atoms with van der Waals surface area (Å²) in [6.45, 7) is 3.31. The summed E-state index contributed by atoms with van der Waals surface area (Å²) in [7, 11) is 0. The van der Waals surface area contributed by atoms with Crippen molar-refractivity contribution in [1.29, 1.82) is 0 Å². The fourth-order valence-corrected chi connectivity index (χ4v) is 4.61. The Morgan fingerprint density at radius 2 is 1.59 bits per heavy atom. The average Bonchev–Trinajstić information content (AvgIpc) is 3.32. The van der Waals surface area contributed by atoms with Crippen molar-refractivity contribution in [2.75, 3.05) is 6.54 Å². The van der Waals surface area contributed by atoms with E-state index in [2.05, 4.69) is 52.0 Å². The zero-order chi connectivity index (χ0) is 23.3. The van der Waals surface area contributed by atoms with Crippen molar-refractivity contribution in [3.05, 3.63) is 107 Å². The van der Waals surface area contributed by atoms with E-state index in [0.717, 1.165) is 35.6 Å². The lowest BCUT2D eigenvalue weighted by atomic mass is 10.0. The van der Waals surface area contributed by atoms with Gasteiger partial charge in [0.1, 0.15) is 6.61 Å². The van der Waals surface area contributed by atoms with E-state index in [1.54, 1.807) is 4.90 Å². The van der Waals surface area contributed by atoms with Gasteiger partial charge in [-0.15, -0.1) is 10.2 Å². The zero-order valence-corrected chi connectivity index (χ0v) is 19.3. The minimum atomic E-state index is -0.327. The van der Waals surface area contributed by atoms with Crippen LogP contribution in [0.1, 0.15) is 35.5 Å². The molecular weight excluding hydrogens is 424 g/mol. The van der Waals surface area contributed by atoms with Gasteiger partial charge in [0.15, 0.2) is 11.6 Å². The summed E-state index contributed by atoms with van der Waals surface area (Å²) in [5.74, 6) is 1.65. The Labute approximate surface area is 199 Å². The molecule has 1 atom stereocenters. The van der Waals surface area contributed by atoms with Crippen LogP contribution in [0.25, 0.3) is 11.4 Å². The lowest BCUT2D eigenvalue weighted by Gasteiger charge is -2.34. The highest BCUT2D eigenvalue weighted by molar-refractivity contribution is 5.68. The Balaban J connectivity index is 1.45. The highest BCUT2D eigenvalue weighted by Gasteiger charge is 2.33. The quantitative estimate of drug-likeness (QED) is 0.391. The number of benzene rings is 3. The number of nitrogens with zero attached hydrogens (tertiary/aromatic N) is 4. The smallest absolute Gasteiger partial charge is 0.410 e. The van der Waals surface area contributed by atoms with Gasteiger partial charge in [-0.25, -0.2) is 4.79 Å². The molecule has 1 aromatic heterocycles. The van der Waals surface area contributed by atoms with Crippen molar-refractivity contribution in [3.63, 3.8) is 0 Å². The van der Waals surface area contributed by atoms with Gasteiger partial charge in [0.2, 0.25) is 0 Å². The van der Waals surface area contributed by atoms with E-state index in [0.29, 0.717) is 13.1 Å². The first-order valence-corrected chi connectivity index (χ1v) is 11.7. The van der Waals surface area contributed by atoms with Gasteiger partial charge >= 0.3 is 6.09 Å². The van der Waals surface area contributed by atoms with Gasteiger partial charge in [-0.05, 0) is 29.5 Å². The van der Waals surface area contributed by atoms with Crippen molar-refractivity contribution in [2.24, 2.45) is 0 Å². The van der Waals surface area contributed by atoms with Crippen LogP contribution in [0.5, 0.6) is 0 Å². The van der Waals surface area contributed by atoms with Crippen LogP contribution in [0, 0.1) is 0 Å². The molecule has 5 rings (SSSR count). The second kappa shape index (κ2) is 9.91. The monoisotopic (exact) mass is 452 g/mol. The summed E-state index contributed by atoms with van der Waals surface area (Å²) in [6, 6.07) is 28.4. The Kier molecular flexibility index (Phi) is 6.38.